The fraction of sp³-hybridized carbons (Fsp3) is 0.429. The maximum absolute atomic E-state index is 12.0. The number of hydrogen-bond acceptors (Lipinski definition) is 4. The molecule has 0 radical (unpaired) electrons. The number of anilines is 1. The fourth-order valence-electron chi connectivity index (χ4n) is 1.60. The molecule has 1 aromatic heterocycles. The Bertz CT molecular complexity index is 602. The van der Waals surface area contributed by atoms with Crippen molar-refractivity contribution in [3.8, 4) is 0 Å². The lowest BCUT2D eigenvalue weighted by Gasteiger charge is -2.21. The van der Waals surface area contributed by atoms with Gasteiger partial charge in [0.1, 0.15) is 5.52 Å². The van der Waals surface area contributed by atoms with Gasteiger partial charge in [-0.2, -0.15) is 0 Å². The van der Waals surface area contributed by atoms with E-state index in [1.165, 1.54) is 0 Å². The quantitative estimate of drug-likeness (QED) is 0.885. The van der Waals surface area contributed by atoms with E-state index in [1.54, 1.807) is 6.07 Å². The van der Waals surface area contributed by atoms with Gasteiger partial charge in [-0.25, -0.2) is 4.98 Å². The summed E-state index contributed by atoms with van der Waals surface area (Å²) >= 11 is 0. The van der Waals surface area contributed by atoms with Gasteiger partial charge in [0.25, 0.3) is 0 Å². The molecule has 0 aliphatic rings. The monoisotopic (exact) mass is 261 g/mol. The second kappa shape index (κ2) is 5.01. The van der Waals surface area contributed by atoms with Gasteiger partial charge in [0.05, 0.1) is 5.41 Å². The van der Waals surface area contributed by atoms with Crippen LogP contribution in [0, 0.1) is 5.41 Å². The number of aryl methyl sites for hydroxylation is 1. The van der Waals surface area contributed by atoms with Crippen molar-refractivity contribution in [2.45, 2.75) is 27.2 Å². The number of rotatable bonds is 4. The fourth-order valence-corrected chi connectivity index (χ4v) is 1.60. The van der Waals surface area contributed by atoms with E-state index in [0.717, 1.165) is 17.5 Å². The van der Waals surface area contributed by atoms with Gasteiger partial charge in [0.2, 0.25) is 5.91 Å². The van der Waals surface area contributed by atoms with Gasteiger partial charge in [0, 0.05) is 18.7 Å². The van der Waals surface area contributed by atoms with Crippen LogP contribution in [0.4, 0.5) is 5.69 Å². The van der Waals surface area contributed by atoms with E-state index in [9.17, 15) is 4.79 Å². The summed E-state index contributed by atoms with van der Waals surface area (Å²) in [4.78, 5) is 16.4. The maximum atomic E-state index is 12.0. The second-order valence-electron chi connectivity index (χ2n) is 5.19. The van der Waals surface area contributed by atoms with Crippen LogP contribution in [0.15, 0.2) is 22.6 Å². The van der Waals surface area contributed by atoms with E-state index in [1.807, 2.05) is 32.9 Å². The van der Waals surface area contributed by atoms with Crippen LogP contribution in [-0.4, -0.2) is 17.4 Å². The van der Waals surface area contributed by atoms with Crippen LogP contribution in [0.2, 0.25) is 0 Å². The molecule has 0 aliphatic carbocycles. The predicted molar refractivity (Wildman–Crippen MR) is 74.9 cm³/mol. The summed E-state index contributed by atoms with van der Waals surface area (Å²) in [6, 6.07) is 5.42. The molecule has 0 saturated carbocycles. The van der Waals surface area contributed by atoms with Gasteiger partial charge in [0.15, 0.2) is 11.5 Å². The van der Waals surface area contributed by atoms with Crippen molar-refractivity contribution in [1.82, 2.24) is 4.98 Å². The van der Waals surface area contributed by atoms with Gasteiger partial charge in [-0.1, -0.05) is 6.92 Å². The Morgan fingerprint density at radius 3 is 2.84 bits per heavy atom. The summed E-state index contributed by atoms with van der Waals surface area (Å²) in [5.74, 6) is 0.592. The third kappa shape index (κ3) is 2.76. The molecule has 0 unspecified atom stereocenters. The minimum absolute atomic E-state index is 0.103. The Morgan fingerprint density at radius 2 is 2.21 bits per heavy atom. The summed E-state index contributed by atoms with van der Waals surface area (Å²) < 4.78 is 5.52. The highest BCUT2D eigenvalue weighted by atomic mass is 16.3. The van der Waals surface area contributed by atoms with E-state index < -0.39 is 5.41 Å². The molecular weight excluding hydrogens is 242 g/mol. The molecule has 0 bridgehead atoms. The van der Waals surface area contributed by atoms with Gasteiger partial charge in [-0.3, -0.25) is 4.79 Å². The number of carbonyl (C=O) groups is 1. The molecule has 0 fully saturated rings. The molecule has 1 aromatic carbocycles. The number of carbonyl (C=O) groups excluding carboxylic acids is 1. The number of nitrogens with zero attached hydrogens (tertiary/aromatic N) is 1. The molecule has 0 atom stereocenters. The Labute approximate surface area is 112 Å². The van der Waals surface area contributed by atoms with Crippen molar-refractivity contribution in [3.63, 3.8) is 0 Å². The number of amides is 1. The van der Waals surface area contributed by atoms with Crippen LogP contribution in [0.1, 0.15) is 26.7 Å². The molecule has 5 heteroatoms. The van der Waals surface area contributed by atoms with Crippen molar-refractivity contribution in [3.05, 3.63) is 24.1 Å². The van der Waals surface area contributed by atoms with Crippen LogP contribution < -0.4 is 11.1 Å². The highest BCUT2D eigenvalue weighted by Crippen LogP contribution is 2.22. The summed E-state index contributed by atoms with van der Waals surface area (Å²) in [6.07, 6.45) is 0.747. The summed E-state index contributed by atoms with van der Waals surface area (Å²) in [6.45, 7) is 5.90. The number of nitrogens with two attached hydrogens (primary N) is 1. The molecule has 0 saturated heterocycles. The number of benzene rings is 1. The first-order valence-corrected chi connectivity index (χ1v) is 6.37. The Kier molecular flexibility index (Phi) is 3.57. The highest BCUT2D eigenvalue weighted by molar-refractivity contribution is 5.96. The van der Waals surface area contributed by atoms with Crippen molar-refractivity contribution in [1.29, 1.82) is 0 Å². The van der Waals surface area contributed by atoms with E-state index >= 15 is 0 Å². The first-order valence-electron chi connectivity index (χ1n) is 6.37. The highest BCUT2D eigenvalue weighted by Gasteiger charge is 2.25. The minimum Gasteiger partial charge on any atom is -0.441 e. The number of hydrogen-bond donors (Lipinski definition) is 2. The van der Waals surface area contributed by atoms with Crippen molar-refractivity contribution in [2.24, 2.45) is 11.1 Å². The minimum atomic E-state index is -0.590. The zero-order valence-electron chi connectivity index (χ0n) is 11.5. The van der Waals surface area contributed by atoms with Gasteiger partial charge < -0.3 is 15.5 Å². The molecule has 1 amide bonds. The van der Waals surface area contributed by atoms with E-state index in [4.69, 9.17) is 10.2 Å². The molecule has 1 heterocycles. The van der Waals surface area contributed by atoms with Gasteiger partial charge >= 0.3 is 0 Å². The SMILES string of the molecule is CCc1nc2cc(NC(=O)C(C)(C)CN)ccc2o1. The van der Waals surface area contributed by atoms with E-state index in [2.05, 4.69) is 10.3 Å². The average Bonchev–Trinajstić information content (AvgIpc) is 2.80. The normalized spacial score (nSPS) is 11.8. The average molecular weight is 261 g/mol. The Morgan fingerprint density at radius 1 is 1.47 bits per heavy atom. The largest absolute Gasteiger partial charge is 0.441 e. The molecule has 0 aliphatic heterocycles. The number of aromatic nitrogens is 1. The zero-order chi connectivity index (χ0) is 14.0. The lowest BCUT2D eigenvalue weighted by atomic mass is 9.92. The predicted octanol–water partition coefficient (Wildman–Crippen LogP) is 2.31. The van der Waals surface area contributed by atoms with E-state index in [0.29, 0.717) is 18.1 Å². The van der Waals surface area contributed by atoms with Crippen LogP contribution in [0.25, 0.3) is 11.1 Å². The Hall–Kier alpha value is -1.88. The molecule has 102 valence electrons. The molecule has 5 nitrogen and oxygen atoms in total. The standard InChI is InChI=1S/C14H19N3O2/c1-4-12-17-10-7-9(5-6-11(10)19-12)16-13(18)14(2,3)8-15/h5-7H,4,8,15H2,1-3H3,(H,16,18). The summed E-state index contributed by atoms with van der Waals surface area (Å²) in [5.41, 5.74) is 7.18. The lowest BCUT2D eigenvalue weighted by Crippen LogP contribution is -2.37. The zero-order valence-corrected chi connectivity index (χ0v) is 11.5. The smallest absolute Gasteiger partial charge is 0.231 e. The summed E-state index contributed by atoms with van der Waals surface area (Å²) in [5, 5.41) is 2.85. The van der Waals surface area contributed by atoms with Gasteiger partial charge in [-0.15, -0.1) is 0 Å². The number of oxazole rings is 1. The molecular formula is C14H19N3O2. The second-order valence-corrected chi connectivity index (χ2v) is 5.19. The van der Waals surface area contributed by atoms with Crippen LogP contribution in [0.5, 0.6) is 0 Å². The van der Waals surface area contributed by atoms with Crippen LogP contribution in [0.3, 0.4) is 0 Å². The van der Waals surface area contributed by atoms with Crippen LogP contribution in [-0.2, 0) is 11.2 Å². The number of nitrogens with one attached hydrogen (secondary N) is 1. The van der Waals surface area contributed by atoms with Crippen molar-refractivity contribution < 1.29 is 9.21 Å². The topological polar surface area (TPSA) is 81.2 Å². The first kappa shape index (κ1) is 13.5. The Balaban J connectivity index is 2.24. The molecule has 19 heavy (non-hydrogen) atoms. The van der Waals surface area contributed by atoms with Crippen molar-refractivity contribution in [2.75, 3.05) is 11.9 Å². The maximum Gasteiger partial charge on any atom is 0.231 e. The molecule has 2 aromatic rings. The third-order valence-electron chi connectivity index (χ3n) is 3.12. The lowest BCUT2D eigenvalue weighted by molar-refractivity contribution is -0.123. The summed E-state index contributed by atoms with van der Waals surface area (Å²) in [7, 11) is 0. The number of fused-ring (bicyclic) bond motifs is 1. The molecule has 0 spiro atoms. The first-order chi connectivity index (χ1) is 8.96. The van der Waals surface area contributed by atoms with Crippen molar-refractivity contribution >= 4 is 22.7 Å². The van der Waals surface area contributed by atoms with Crippen LogP contribution >= 0.6 is 0 Å². The van der Waals surface area contributed by atoms with Gasteiger partial charge in [-0.05, 0) is 32.0 Å². The molecule has 2 rings (SSSR count). The van der Waals surface area contributed by atoms with E-state index in [-0.39, 0.29) is 5.91 Å². The molecule has 3 N–H and O–H groups in total. The third-order valence-corrected chi connectivity index (χ3v) is 3.12.